The zero-order valence-corrected chi connectivity index (χ0v) is 16.3. The monoisotopic (exact) mass is 390 g/mol. The number of aliphatic hydroxyl groups excluding tert-OH is 1. The minimum Gasteiger partial charge on any atom is -0.396 e. The predicted octanol–water partition coefficient (Wildman–Crippen LogP) is 2.07. The van der Waals surface area contributed by atoms with E-state index in [2.05, 4.69) is 27.2 Å². The first-order valence-electron chi connectivity index (χ1n) is 9.32. The van der Waals surface area contributed by atoms with Crippen LogP contribution in [0.5, 0.6) is 0 Å². The van der Waals surface area contributed by atoms with Gasteiger partial charge in [-0.25, -0.2) is 9.97 Å². The molecule has 27 heavy (non-hydrogen) atoms. The minimum atomic E-state index is -0.0810. The molecule has 1 atom stereocenters. The molecule has 0 saturated heterocycles. The average molecular weight is 391 g/mol. The van der Waals surface area contributed by atoms with Crippen LogP contribution in [-0.2, 0) is 13.0 Å². The molecule has 0 saturated carbocycles. The van der Waals surface area contributed by atoms with Crippen LogP contribution in [0.2, 0.25) is 0 Å². The normalized spacial score (nSPS) is 14.7. The molecule has 1 aliphatic heterocycles. The Kier molecular flexibility index (Phi) is 6.57. The molecular weight excluding hydrogens is 364 g/mol. The third-order valence-electron chi connectivity index (χ3n) is 4.74. The maximum Gasteiger partial charge on any atom is 0.273 e. The Hall–Kier alpha value is -2.26. The molecule has 1 aliphatic rings. The van der Waals surface area contributed by atoms with Crippen molar-refractivity contribution in [1.82, 2.24) is 19.9 Å². The van der Waals surface area contributed by atoms with Gasteiger partial charge in [0.2, 0.25) is 5.95 Å². The lowest BCUT2D eigenvalue weighted by Crippen LogP contribution is -2.37. The van der Waals surface area contributed by atoms with Gasteiger partial charge in [0, 0.05) is 36.6 Å². The first-order valence-corrected chi connectivity index (χ1v) is 10.3. The van der Waals surface area contributed by atoms with Gasteiger partial charge in [-0.05, 0) is 12.8 Å². The van der Waals surface area contributed by atoms with E-state index in [-0.39, 0.29) is 24.5 Å². The van der Waals surface area contributed by atoms with E-state index in [0.717, 1.165) is 30.5 Å². The molecule has 0 fully saturated rings. The van der Waals surface area contributed by atoms with E-state index in [1.54, 1.807) is 15.8 Å². The van der Waals surface area contributed by atoms with Crippen molar-refractivity contribution in [3.8, 4) is 0 Å². The van der Waals surface area contributed by atoms with Gasteiger partial charge in [0.1, 0.15) is 11.5 Å². The van der Waals surface area contributed by atoms with Gasteiger partial charge in [-0.15, -0.1) is 11.3 Å². The number of fused-ring (bicyclic) bond motifs is 1. The molecule has 0 radical (unpaired) electrons. The number of aromatic nitrogens is 3. The first kappa shape index (κ1) is 19.5. The molecule has 0 bridgehead atoms. The second-order valence-corrected chi connectivity index (χ2v) is 7.42. The van der Waals surface area contributed by atoms with Crippen LogP contribution < -0.4 is 11.1 Å². The number of nitrogen functional groups attached to an aromatic ring is 1. The number of aliphatic hydroxyl groups is 1. The van der Waals surface area contributed by atoms with Crippen LogP contribution in [0, 0.1) is 0 Å². The Morgan fingerprint density at radius 1 is 1.44 bits per heavy atom. The number of rotatable bonds is 8. The number of hydrogen-bond donors (Lipinski definition) is 3. The number of carbonyl (C=O) groups is 1. The van der Waals surface area contributed by atoms with Crippen LogP contribution in [0.1, 0.15) is 54.4 Å². The zero-order valence-electron chi connectivity index (χ0n) is 15.5. The van der Waals surface area contributed by atoms with Gasteiger partial charge in [-0.3, -0.25) is 4.79 Å². The number of nitrogens with zero attached hydrogens (tertiary/aromatic N) is 4. The summed E-state index contributed by atoms with van der Waals surface area (Å²) in [6, 6.07) is 0.109. The van der Waals surface area contributed by atoms with E-state index in [1.165, 1.54) is 11.3 Å². The molecular formula is C18H26N6O2S. The highest BCUT2D eigenvalue weighted by Crippen LogP contribution is 2.27. The van der Waals surface area contributed by atoms with Crippen LogP contribution in [0.25, 0.3) is 0 Å². The summed E-state index contributed by atoms with van der Waals surface area (Å²) in [6.45, 7) is 3.25. The second kappa shape index (κ2) is 9.09. The number of thiazole rings is 1. The van der Waals surface area contributed by atoms with Gasteiger partial charge in [0.15, 0.2) is 0 Å². The van der Waals surface area contributed by atoms with Gasteiger partial charge in [-0.2, -0.15) is 4.98 Å². The minimum absolute atomic E-state index is 0.0810. The van der Waals surface area contributed by atoms with Crippen molar-refractivity contribution in [3.05, 3.63) is 27.8 Å². The molecule has 3 heterocycles. The Balaban J connectivity index is 1.82. The van der Waals surface area contributed by atoms with E-state index in [0.29, 0.717) is 37.4 Å². The Morgan fingerprint density at radius 3 is 3.00 bits per heavy atom. The lowest BCUT2D eigenvalue weighted by molar-refractivity contribution is 0.0728. The number of amides is 1. The number of carbonyl (C=O) groups excluding carboxylic acids is 1. The molecule has 9 heteroatoms. The molecule has 2 aromatic heterocycles. The van der Waals surface area contributed by atoms with Crippen molar-refractivity contribution in [2.75, 3.05) is 24.2 Å². The van der Waals surface area contributed by atoms with Gasteiger partial charge < -0.3 is 21.1 Å². The van der Waals surface area contributed by atoms with Crippen LogP contribution in [-0.4, -0.2) is 50.1 Å². The SMILES string of the molecule is CCCCC(CCO)Nc1nc(N)nc2c1CN(C(=O)c1cscn1)CC2. The summed E-state index contributed by atoms with van der Waals surface area (Å²) in [7, 11) is 0. The Bertz CT molecular complexity index is 767. The fraction of sp³-hybridized carbons (Fsp3) is 0.556. The van der Waals surface area contributed by atoms with E-state index in [4.69, 9.17) is 5.73 Å². The second-order valence-electron chi connectivity index (χ2n) is 6.70. The molecule has 146 valence electrons. The van der Waals surface area contributed by atoms with Gasteiger partial charge in [0.05, 0.1) is 17.7 Å². The van der Waals surface area contributed by atoms with Crippen molar-refractivity contribution in [3.63, 3.8) is 0 Å². The highest BCUT2D eigenvalue weighted by atomic mass is 32.1. The molecule has 0 aromatic carbocycles. The maximum atomic E-state index is 12.7. The van der Waals surface area contributed by atoms with Crippen molar-refractivity contribution < 1.29 is 9.90 Å². The largest absolute Gasteiger partial charge is 0.396 e. The molecule has 2 aromatic rings. The summed E-state index contributed by atoms with van der Waals surface area (Å²) >= 11 is 1.41. The molecule has 1 amide bonds. The van der Waals surface area contributed by atoms with Crippen molar-refractivity contribution >= 4 is 29.0 Å². The van der Waals surface area contributed by atoms with E-state index in [9.17, 15) is 9.90 Å². The Morgan fingerprint density at radius 2 is 2.30 bits per heavy atom. The van der Waals surface area contributed by atoms with E-state index < -0.39 is 0 Å². The molecule has 3 rings (SSSR count). The summed E-state index contributed by atoms with van der Waals surface area (Å²) in [5, 5.41) is 14.6. The molecule has 0 spiro atoms. The lowest BCUT2D eigenvalue weighted by Gasteiger charge is -2.30. The van der Waals surface area contributed by atoms with E-state index >= 15 is 0 Å². The van der Waals surface area contributed by atoms with E-state index in [1.807, 2.05) is 0 Å². The number of nitrogens with two attached hydrogens (primary N) is 1. The number of unbranched alkanes of at least 4 members (excludes halogenated alkanes) is 1. The van der Waals surface area contributed by atoms with Crippen LogP contribution in [0.3, 0.4) is 0 Å². The summed E-state index contributed by atoms with van der Waals surface area (Å²) < 4.78 is 0. The number of anilines is 2. The average Bonchev–Trinajstić information content (AvgIpc) is 3.20. The number of hydrogen-bond acceptors (Lipinski definition) is 8. The smallest absolute Gasteiger partial charge is 0.273 e. The molecule has 1 unspecified atom stereocenters. The Labute approximate surface area is 162 Å². The summed E-state index contributed by atoms with van der Waals surface area (Å²) in [6.07, 6.45) is 4.36. The van der Waals surface area contributed by atoms with Crippen LogP contribution in [0.15, 0.2) is 10.9 Å². The topological polar surface area (TPSA) is 117 Å². The van der Waals surface area contributed by atoms with Crippen LogP contribution in [0.4, 0.5) is 11.8 Å². The maximum absolute atomic E-state index is 12.7. The fourth-order valence-corrected chi connectivity index (χ4v) is 3.82. The standard InChI is InChI=1S/C18H26N6O2S/c1-2-3-4-12(6-8-25)21-16-13-9-24(17(26)15-10-27-11-20-15)7-5-14(13)22-18(19)23-16/h10-12,25H,2-9H2,1H3,(H3,19,21,22,23). The van der Waals surface area contributed by atoms with Crippen molar-refractivity contribution in [1.29, 1.82) is 0 Å². The van der Waals surface area contributed by atoms with Crippen molar-refractivity contribution in [2.45, 2.75) is 51.6 Å². The fourth-order valence-electron chi connectivity index (χ4n) is 3.29. The lowest BCUT2D eigenvalue weighted by atomic mass is 10.0. The highest BCUT2D eigenvalue weighted by molar-refractivity contribution is 7.07. The first-order chi connectivity index (χ1) is 13.1. The molecule has 8 nitrogen and oxygen atoms in total. The van der Waals surface area contributed by atoms with Gasteiger partial charge >= 0.3 is 0 Å². The third kappa shape index (κ3) is 4.72. The summed E-state index contributed by atoms with van der Waals surface area (Å²) in [5.74, 6) is 0.819. The van der Waals surface area contributed by atoms with Gasteiger partial charge in [0.25, 0.3) is 5.91 Å². The summed E-state index contributed by atoms with van der Waals surface area (Å²) in [4.78, 5) is 27.3. The van der Waals surface area contributed by atoms with Crippen LogP contribution >= 0.6 is 11.3 Å². The third-order valence-corrected chi connectivity index (χ3v) is 5.33. The molecule has 0 aliphatic carbocycles. The quantitative estimate of drug-likeness (QED) is 0.631. The van der Waals surface area contributed by atoms with Gasteiger partial charge in [-0.1, -0.05) is 19.8 Å². The summed E-state index contributed by atoms with van der Waals surface area (Å²) in [5.41, 5.74) is 9.81. The van der Waals surface area contributed by atoms with Crippen molar-refractivity contribution in [2.24, 2.45) is 0 Å². The molecule has 4 N–H and O–H groups in total. The zero-order chi connectivity index (χ0) is 19.2. The highest BCUT2D eigenvalue weighted by Gasteiger charge is 2.27. The predicted molar refractivity (Wildman–Crippen MR) is 106 cm³/mol. The number of nitrogens with one attached hydrogen (secondary N) is 1.